The van der Waals surface area contributed by atoms with Gasteiger partial charge in [0.2, 0.25) is 0 Å². The predicted octanol–water partition coefficient (Wildman–Crippen LogP) is 4.22. The fourth-order valence-corrected chi connectivity index (χ4v) is 1.92. The third-order valence-electron chi connectivity index (χ3n) is 3.53. The highest BCUT2D eigenvalue weighted by atomic mass is 16.6. The van der Waals surface area contributed by atoms with Gasteiger partial charge >= 0.3 is 12.1 Å². The smallest absolute Gasteiger partial charge is 0.407 e. The zero-order valence-electron chi connectivity index (χ0n) is 15.2. The SMILES string of the molecule is C=C(C)C(=O)OCC(OC(=O)NCCCCCCCC)C(C)C. The van der Waals surface area contributed by atoms with E-state index in [1.165, 1.54) is 25.7 Å². The second kappa shape index (κ2) is 13.0. The molecular formula is C18H33NO4. The van der Waals surface area contributed by atoms with Gasteiger partial charge in [0.1, 0.15) is 12.7 Å². The Morgan fingerprint density at radius 2 is 1.70 bits per heavy atom. The van der Waals surface area contributed by atoms with Crippen molar-refractivity contribution in [1.29, 1.82) is 0 Å². The highest BCUT2D eigenvalue weighted by Gasteiger charge is 2.20. The molecule has 5 nitrogen and oxygen atoms in total. The molecule has 0 aliphatic carbocycles. The molecule has 0 aliphatic rings. The van der Waals surface area contributed by atoms with E-state index in [9.17, 15) is 9.59 Å². The Kier molecular flexibility index (Phi) is 12.1. The van der Waals surface area contributed by atoms with E-state index in [1.807, 2.05) is 13.8 Å². The van der Waals surface area contributed by atoms with Crippen molar-refractivity contribution in [3.63, 3.8) is 0 Å². The van der Waals surface area contributed by atoms with Gasteiger partial charge in [0.25, 0.3) is 0 Å². The van der Waals surface area contributed by atoms with Gasteiger partial charge in [-0.05, 0) is 19.3 Å². The minimum atomic E-state index is -0.466. The molecule has 0 rings (SSSR count). The number of nitrogens with one attached hydrogen (secondary N) is 1. The van der Waals surface area contributed by atoms with Crippen LogP contribution in [0.2, 0.25) is 0 Å². The molecule has 23 heavy (non-hydrogen) atoms. The van der Waals surface area contributed by atoms with Crippen molar-refractivity contribution in [1.82, 2.24) is 5.32 Å². The number of carbonyl (C=O) groups excluding carboxylic acids is 2. The summed E-state index contributed by atoms with van der Waals surface area (Å²) in [5.74, 6) is -0.403. The molecule has 0 aliphatic heterocycles. The third kappa shape index (κ3) is 11.7. The maximum Gasteiger partial charge on any atom is 0.407 e. The molecule has 1 atom stereocenters. The zero-order chi connectivity index (χ0) is 17.7. The topological polar surface area (TPSA) is 64.6 Å². The van der Waals surface area contributed by atoms with Gasteiger partial charge in [-0.3, -0.25) is 0 Å². The maximum absolute atomic E-state index is 11.8. The molecule has 0 bridgehead atoms. The number of unbranched alkanes of at least 4 members (excludes halogenated alkanes) is 5. The summed E-state index contributed by atoms with van der Waals surface area (Å²) in [7, 11) is 0. The molecule has 1 unspecified atom stereocenters. The van der Waals surface area contributed by atoms with Crippen LogP contribution >= 0.6 is 0 Å². The Balaban J connectivity index is 3.92. The summed E-state index contributed by atoms with van der Waals surface area (Å²) in [5.41, 5.74) is 0.333. The van der Waals surface area contributed by atoms with Gasteiger partial charge < -0.3 is 14.8 Å². The van der Waals surface area contributed by atoms with E-state index in [0.717, 1.165) is 12.8 Å². The van der Waals surface area contributed by atoms with Crippen molar-refractivity contribution in [3.05, 3.63) is 12.2 Å². The fourth-order valence-electron chi connectivity index (χ4n) is 1.92. The number of esters is 1. The monoisotopic (exact) mass is 327 g/mol. The van der Waals surface area contributed by atoms with E-state index in [0.29, 0.717) is 12.1 Å². The van der Waals surface area contributed by atoms with Gasteiger partial charge in [0, 0.05) is 12.1 Å². The van der Waals surface area contributed by atoms with E-state index in [1.54, 1.807) is 6.92 Å². The molecule has 0 spiro atoms. The van der Waals surface area contributed by atoms with E-state index >= 15 is 0 Å². The number of ether oxygens (including phenoxy) is 2. The molecule has 0 radical (unpaired) electrons. The maximum atomic E-state index is 11.8. The summed E-state index contributed by atoms with van der Waals surface area (Å²) in [5, 5.41) is 2.75. The number of carbonyl (C=O) groups is 2. The predicted molar refractivity (Wildman–Crippen MR) is 92.3 cm³/mol. The van der Waals surface area contributed by atoms with Crippen LogP contribution < -0.4 is 5.32 Å². The minimum absolute atomic E-state index is 0.0494. The lowest BCUT2D eigenvalue weighted by Gasteiger charge is -2.21. The number of alkyl carbamates (subject to hydrolysis) is 1. The Hall–Kier alpha value is -1.52. The Morgan fingerprint density at radius 1 is 1.09 bits per heavy atom. The fraction of sp³-hybridized carbons (Fsp3) is 0.778. The molecule has 0 saturated heterocycles. The molecule has 0 aromatic carbocycles. The molecular weight excluding hydrogens is 294 g/mol. The average Bonchev–Trinajstić information content (AvgIpc) is 2.49. The van der Waals surface area contributed by atoms with Crippen LogP contribution in [0.5, 0.6) is 0 Å². The second-order valence-corrected chi connectivity index (χ2v) is 6.26. The molecule has 1 amide bonds. The van der Waals surface area contributed by atoms with Crippen molar-refractivity contribution >= 4 is 12.1 Å². The summed E-state index contributed by atoms with van der Waals surface area (Å²) in [6, 6.07) is 0. The van der Waals surface area contributed by atoms with Crippen molar-refractivity contribution in [2.24, 2.45) is 5.92 Å². The van der Waals surface area contributed by atoms with Crippen LogP contribution in [0.25, 0.3) is 0 Å². The van der Waals surface area contributed by atoms with Crippen molar-refractivity contribution in [3.8, 4) is 0 Å². The quantitative estimate of drug-likeness (QED) is 0.331. The van der Waals surface area contributed by atoms with E-state index < -0.39 is 18.2 Å². The van der Waals surface area contributed by atoms with Crippen molar-refractivity contribution in [2.75, 3.05) is 13.2 Å². The van der Waals surface area contributed by atoms with Crippen LogP contribution in [-0.2, 0) is 14.3 Å². The molecule has 0 heterocycles. The molecule has 0 saturated carbocycles. The van der Waals surface area contributed by atoms with Crippen LogP contribution in [0.3, 0.4) is 0 Å². The summed E-state index contributed by atoms with van der Waals surface area (Å²) in [4.78, 5) is 23.2. The lowest BCUT2D eigenvalue weighted by atomic mass is 10.1. The van der Waals surface area contributed by atoms with Crippen molar-refractivity contribution < 1.29 is 19.1 Å². The Labute approximate surface area is 140 Å². The first-order valence-electron chi connectivity index (χ1n) is 8.65. The summed E-state index contributed by atoms with van der Waals surface area (Å²) in [6.45, 7) is 11.8. The standard InChI is InChI=1S/C18H33NO4/c1-6-7-8-9-10-11-12-19-18(21)23-16(14(2)3)13-22-17(20)15(4)5/h14,16H,4,6-13H2,1-3,5H3,(H,19,21). The number of rotatable bonds is 12. The van der Waals surface area contributed by atoms with Crippen LogP contribution in [-0.4, -0.2) is 31.3 Å². The minimum Gasteiger partial charge on any atom is -0.458 e. The van der Waals surface area contributed by atoms with Crippen LogP contribution in [0.15, 0.2) is 12.2 Å². The van der Waals surface area contributed by atoms with E-state index in [4.69, 9.17) is 9.47 Å². The largest absolute Gasteiger partial charge is 0.458 e. The van der Waals surface area contributed by atoms with Gasteiger partial charge in [-0.15, -0.1) is 0 Å². The third-order valence-corrected chi connectivity index (χ3v) is 3.53. The van der Waals surface area contributed by atoms with Gasteiger partial charge in [-0.2, -0.15) is 0 Å². The Morgan fingerprint density at radius 3 is 2.26 bits per heavy atom. The molecule has 0 aromatic heterocycles. The van der Waals surface area contributed by atoms with Gasteiger partial charge in [0.05, 0.1) is 0 Å². The number of hydrogen-bond acceptors (Lipinski definition) is 4. The zero-order valence-corrected chi connectivity index (χ0v) is 15.2. The van der Waals surface area contributed by atoms with Crippen molar-refractivity contribution in [2.45, 2.75) is 72.3 Å². The van der Waals surface area contributed by atoms with E-state index in [-0.39, 0.29) is 12.5 Å². The lowest BCUT2D eigenvalue weighted by Crippen LogP contribution is -2.35. The molecule has 0 aromatic rings. The second-order valence-electron chi connectivity index (χ2n) is 6.26. The average molecular weight is 327 g/mol. The van der Waals surface area contributed by atoms with Crippen LogP contribution in [0.4, 0.5) is 4.79 Å². The van der Waals surface area contributed by atoms with Gasteiger partial charge in [0.15, 0.2) is 0 Å². The van der Waals surface area contributed by atoms with Gasteiger partial charge in [-0.1, -0.05) is 59.5 Å². The molecule has 1 N–H and O–H groups in total. The first kappa shape index (κ1) is 21.5. The lowest BCUT2D eigenvalue weighted by molar-refractivity contribution is -0.142. The summed E-state index contributed by atoms with van der Waals surface area (Å²) >= 11 is 0. The summed E-state index contributed by atoms with van der Waals surface area (Å²) < 4.78 is 10.4. The van der Waals surface area contributed by atoms with Crippen LogP contribution in [0.1, 0.15) is 66.2 Å². The number of hydrogen-bond donors (Lipinski definition) is 1. The first-order chi connectivity index (χ1) is 10.9. The number of amides is 1. The Bertz CT molecular complexity index is 366. The molecule has 5 heteroatoms. The highest BCUT2D eigenvalue weighted by Crippen LogP contribution is 2.09. The molecule has 0 fully saturated rings. The normalized spacial score (nSPS) is 11.9. The highest BCUT2D eigenvalue weighted by molar-refractivity contribution is 5.86. The van der Waals surface area contributed by atoms with E-state index in [2.05, 4.69) is 18.8 Å². The first-order valence-corrected chi connectivity index (χ1v) is 8.65. The van der Waals surface area contributed by atoms with Gasteiger partial charge in [-0.25, -0.2) is 9.59 Å². The van der Waals surface area contributed by atoms with Crippen LogP contribution in [0, 0.1) is 5.92 Å². The molecule has 134 valence electrons. The summed E-state index contributed by atoms with van der Waals surface area (Å²) in [6.07, 6.45) is 6.12.